The van der Waals surface area contributed by atoms with Crippen molar-refractivity contribution < 1.29 is 24.2 Å². The topological polar surface area (TPSA) is 95.9 Å². The zero-order chi connectivity index (χ0) is 20.1. The molecular formula is C20H19ClN2O5. The molecule has 1 fully saturated rings. The number of hydrogen-bond donors (Lipinski definition) is 2. The quantitative estimate of drug-likeness (QED) is 0.770. The summed E-state index contributed by atoms with van der Waals surface area (Å²) in [7, 11) is 0. The molecule has 0 radical (unpaired) electrons. The van der Waals surface area contributed by atoms with Gasteiger partial charge in [0.25, 0.3) is 5.91 Å². The highest BCUT2D eigenvalue weighted by molar-refractivity contribution is 6.30. The van der Waals surface area contributed by atoms with Crippen molar-refractivity contribution in [2.75, 3.05) is 13.2 Å². The fraction of sp³-hybridized carbons (Fsp3) is 0.250. The van der Waals surface area contributed by atoms with Crippen LogP contribution < -0.4 is 5.32 Å². The molecule has 0 unspecified atom stereocenters. The molecule has 8 heteroatoms. The summed E-state index contributed by atoms with van der Waals surface area (Å²) in [5.74, 6) is -1.99. The Hall–Kier alpha value is -2.90. The van der Waals surface area contributed by atoms with E-state index < -0.39 is 30.6 Å². The number of carboxylic acids is 1. The lowest BCUT2D eigenvalue weighted by Crippen LogP contribution is -2.53. The van der Waals surface area contributed by atoms with Crippen molar-refractivity contribution >= 4 is 29.4 Å². The molecule has 2 atom stereocenters. The number of morpholine rings is 1. The van der Waals surface area contributed by atoms with Crippen molar-refractivity contribution in [3.63, 3.8) is 0 Å². The number of carboxylic acid groups (broad SMARTS) is 1. The van der Waals surface area contributed by atoms with Crippen LogP contribution in [-0.4, -0.2) is 47.0 Å². The summed E-state index contributed by atoms with van der Waals surface area (Å²) in [6.45, 7) is -0.630. The minimum Gasteiger partial charge on any atom is -0.480 e. The van der Waals surface area contributed by atoms with E-state index in [1.165, 1.54) is 4.90 Å². The second kappa shape index (κ2) is 8.86. The molecule has 1 aliphatic heterocycles. The summed E-state index contributed by atoms with van der Waals surface area (Å²) in [4.78, 5) is 37.5. The summed E-state index contributed by atoms with van der Waals surface area (Å²) in [5, 5.41) is 12.5. The lowest BCUT2D eigenvalue weighted by Gasteiger charge is -2.35. The number of benzene rings is 2. The molecule has 2 aromatic rings. The summed E-state index contributed by atoms with van der Waals surface area (Å²) in [5.41, 5.74) is 1.44. The van der Waals surface area contributed by atoms with Gasteiger partial charge >= 0.3 is 5.97 Å². The molecule has 0 saturated carbocycles. The van der Waals surface area contributed by atoms with Crippen molar-refractivity contribution in [2.45, 2.75) is 18.7 Å². The number of carbonyl (C=O) groups excluding carboxylic acids is 2. The van der Waals surface area contributed by atoms with Gasteiger partial charge in [0.2, 0.25) is 5.91 Å². The molecule has 146 valence electrons. The smallest absolute Gasteiger partial charge is 0.323 e. The molecule has 28 heavy (non-hydrogen) atoms. The average molecular weight is 403 g/mol. The Morgan fingerprint density at radius 2 is 1.82 bits per heavy atom. The van der Waals surface area contributed by atoms with Crippen LogP contribution in [-0.2, 0) is 25.7 Å². The maximum Gasteiger partial charge on any atom is 0.323 e. The van der Waals surface area contributed by atoms with E-state index in [4.69, 9.17) is 16.3 Å². The molecule has 2 aromatic carbocycles. The third-order valence-corrected chi connectivity index (χ3v) is 4.59. The van der Waals surface area contributed by atoms with Crippen LogP contribution in [0.3, 0.4) is 0 Å². The SMILES string of the molecule is O=C(O)CN(Cc1ccccc1)C(=O)[C@@H]1OCC(=O)N[C@@H]1c1ccc(Cl)cc1. The predicted octanol–water partition coefficient (Wildman–Crippen LogP) is 2.01. The highest BCUT2D eigenvalue weighted by Gasteiger charge is 2.38. The van der Waals surface area contributed by atoms with Crippen LogP contribution in [0.15, 0.2) is 54.6 Å². The zero-order valence-electron chi connectivity index (χ0n) is 14.9. The van der Waals surface area contributed by atoms with Gasteiger partial charge in [-0.2, -0.15) is 0 Å². The van der Waals surface area contributed by atoms with Gasteiger partial charge < -0.3 is 20.1 Å². The third-order valence-electron chi connectivity index (χ3n) is 4.34. The number of rotatable bonds is 6. The molecule has 2 amide bonds. The van der Waals surface area contributed by atoms with Crippen molar-refractivity contribution in [3.05, 3.63) is 70.7 Å². The Bertz CT molecular complexity index is 857. The van der Waals surface area contributed by atoms with Crippen LogP contribution in [0.4, 0.5) is 0 Å². The van der Waals surface area contributed by atoms with Gasteiger partial charge in [-0.05, 0) is 23.3 Å². The summed E-state index contributed by atoms with van der Waals surface area (Å²) < 4.78 is 5.52. The number of ether oxygens (including phenoxy) is 1. The van der Waals surface area contributed by atoms with Gasteiger partial charge in [-0.25, -0.2) is 0 Å². The number of aliphatic carboxylic acids is 1. The Morgan fingerprint density at radius 3 is 2.46 bits per heavy atom. The second-order valence-corrected chi connectivity index (χ2v) is 6.84. The van der Waals surface area contributed by atoms with Gasteiger partial charge in [0.05, 0.1) is 6.04 Å². The molecular weight excluding hydrogens is 384 g/mol. The van der Waals surface area contributed by atoms with Gasteiger partial charge in [-0.1, -0.05) is 54.1 Å². The summed E-state index contributed by atoms with van der Waals surface area (Å²) >= 11 is 5.92. The Morgan fingerprint density at radius 1 is 1.14 bits per heavy atom. The first-order valence-corrected chi connectivity index (χ1v) is 9.03. The minimum absolute atomic E-state index is 0.118. The monoisotopic (exact) mass is 402 g/mol. The van der Waals surface area contributed by atoms with Gasteiger partial charge in [0.1, 0.15) is 13.2 Å². The lowest BCUT2D eigenvalue weighted by molar-refractivity contribution is -0.159. The van der Waals surface area contributed by atoms with Crippen molar-refractivity contribution in [2.24, 2.45) is 0 Å². The van der Waals surface area contributed by atoms with Crippen LogP contribution in [0.25, 0.3) is 0 Å². The Kier molecular flexibility index (Phi) is 6.28. The normalized spacial score (nSPS) is 19.0. The van der Waals surface area contributed by atoms with E-state index in [1.54, 1.807) is 24.3 Å². The molecule has 0 aliphatic carbocycles. The molecule has 1 saturated heterocycles. The van der Waals surface area contributed by atoms with E-state index in [0.29, 0.717) is 10.6 Å². The van der Waals surface area contributed by atoms with Crippen molar-refractivity contribution in [1.82, 2.24) is 10.2 Å². The van der Waals surface area contributed by atoms with Gasteiger partial charge in [-0.15, -0.1) is 0 Å². The van der Waals surface area contributed by atoms with Crippen molar-refractivity contribution in [1.29, 1.82) is 0 Å². The third kappa shape index (κ3) is 4.88. The van der Waals surface area contributed by atoms with Crippen LogP contribution >= 0.6 is 11.6 Å². The number of hydrogen-bond acceptors (Lipinski definition) is 4. The number of nitrogens with one attached hydrogen (secondary N) is 1. The highest BCUT2D eigenvalue weighted by Crippen LogP contribution is 2.26. The van der Waals surface area contributed by atoms with Crippen LogP contribution in [0.1, 0.15) is 17.2 Å². The Balaban J connectivity index is 1.86. The lowest BCUT2D eigenvalue weighted by atomic mass is 9.98. The minimum atomic E-state index is -1.13. The fourth-order valence-electron chi connectivity index (χ4n) is 3.05. The van der Waals surface area contributed by atoms with E-state index in [2.05, 4.69) is 5.32 Å². The molecule has 0 bridgehead atoms. The van der Waals surface area contributed by atoms with E-state index in [1.807, 2.05) is 30.3 Å². The van der Waals surface area contributed by atoms with E-state index in [9.17, 15) is 19.5 Å². The van der Waals surface area contributed by atoms with E-state index in [0.717, 1.165) is 5.56 Å². The predicted molar refractivity (Wildman–Crippen MR) is 102 cm³/mol. The fourth-order valence-corrected chi connectivity index (χ4v) is 3.18. The first-order chi connectivity index (χ1) is 13.4. The molecule has 2 N–H and O–H groups in total. The first-order valence-electron chi connectivity index (χ1n) is 8.65. The average Bonchev–Trinajstić information content (AvgIpc) is 2.68. The molecule has 1 heterocycles. The van der Waals surface area contributed by atoms with E-state index in [-0.39, 0.29) is 19.1 Å². The summed E-state index contributed by atoms with van der Waals surface area (Å²) in [6.07, 6.45) is -1.04. The van der Waals surface area contributed by atoms with E-state index >= 15 is 0 Å². The number of amides is 2. The standard InChI is InChI=1S/C20H19ClN2O5/c21-15-8-6-14(7-9-15)18-19(28-12-16(24)22-18)20(27)23(11-17(25)26)10-13-4-2-1-3-5-13/h1-9,18-19H,10-12H2,(H,22,24)(H,25,26)/t18-,19-/m1/s1. The van der Waals surface area contributed by atoms with Crippen LogP contribution in [0.5, 0.6) is 0 Å². The summed E-state index contributed by atoms with van der Waals surface area (Å²) in [6, 6.07) is 15.0. The molecule has 7 nitrogen and oxygen atoms in total. The van der Waals surface area contributed by atoms with Crippen molar-refractivity contribution in [3.8, 4) is 0 Å². The number of nitrogens with zero attached hydrogens (tertiary/aromatic N) is 1. The zero-order valence-corrected chi connectivity index (χ0v) is 15.6. The number of halogens is 1. The molecule has 0 spiro atoms. The first kappa shape index (κ1) is 19.9. The second-order valence-electron chi connectivity index (χ2n) is 6.40. The Labute approximate surface area is 166 Å². The molecule has 1 aliphatic rings. The molecule has 0 aromatic heterocycles. The number of carbonyl (C=O) groups is 3. The van der Waals surface area contributed by atoms with Crippen LogP contribution in [0, 0.1) is 0 Å². The van der Waals surface area contributed by atoms with Gasteiger partial charge in [0.15, 0.2) is 6.10 Å². The maximum atomic E-state index is 13.2. The van der Waals surface area contributed by atoms with Gasteiger partial charge in [-0.3, -0.25) is 14.4 Å². The maximum absolute atomic E-state index is 13.2. The highest BCUT2D eigenvalue weighted by atomic mass is 35.5. The largest absolute Gasteiger partial charge is 0.480 e. The molecule has 3 rings (SSSR count). The van der Waals surface area contributed by atoms with Crippen LogP contribution in [0.2, 0.25) is 5.02 Å². The van der Waals surface area contributed by atoms with Gasteiger partial charge in [0, 0.05) is 11.6 Å².